The van der Waals surface area contributed by atoms with Crippen LogP contribution in [0.3, 0.4) is 0 Å². The van der Waals surface area contributed by atoms with Crippen LogP contribution in [0, 0.1) is 47.3 Å². The summed E-state index contributed by atoms with van der Waals surface area (Å²) in [4.78, 5) is 62.6. The number of para-hydroxylation sites is 1. The monoisotopic (exact) mass is 1030 g/mol. The number of rotatable bonds is 20. The second-order valence-electron chi connectivity index (χ2n) is 21.4. The zero-order valence-corrected chi connectivity index (χ0v) is 45.3. The van der Waals surface area contributed by atoms with Crippen molar-refractivity contribution in [3.05, 3.63) is 169 Å². The molecule has 12 heteroatoms. The Bertz CT molecular complexity index is 2710. The van der Waals surface area contributed by atoms with Gasteiger partial charge < -0.3 is 20.4 Å². The van der Waals surface area contributed by atoms with Crippen LogP contribution in [0.25, 0.3) is 43.4 Å². The van der Waals surface area contributed by atoms with Gasteiger partial charge in [-0.15, -0.1) is 0 Å². The second-order valence-corrected chi connectivity index (χ2v) is 21.4. The number of aromatic nitrogens is 4. The van der Waals surface area contributed by atoms with E-state index in [9.17, 15) is 39.6 Å². The quantitative estimate of drug-likeness (QED) is 0.0564. The van der Waals surface area contributed by atoms with Gasteiger partial charge in [-0.25, -0.2) is 0 Å². The standard InChI is InChI=1S/4C16H19NO2/c1-11(2)9-13(16(18)19)10-12-5-3-7-15-14(12)6-4-8-17-15;1-11(2)7-13(16(18)19)8-14-10-17-9-12-5-3-4-6-15(12)14;1-11(2)9-13(16(18)19)10-12-7-8-17-15-6-4-3-5-14(12)15;1-11(2)9-13(16(18)19)10-15-14-6-4-3-5-12(14)7-8-17-15/h3-8,11,13H,9-10H2,1-2H3,(H,18,19);3-6,9-11,13H,7-8H2,1-2H3,(H,18,19);2*3-8,11,13H,9-10H2,1-2H3,(H,18,19). The number of carboxylic acids is 4. The molecule has 12 nitrogen and oxygen atoms in total. The van der Waals surface area contributed by atoms with Crippen molar-refractivity contribution in [1.29, 1.82) is 0 Å². The van der Waals surface area contributed by atoms with E-state index in [1.165, 1.54) is 0 Å². The summed E-state index contributed by atoms with van der Waals surface area (Å²) in [6, 6.07) is 37.5. The lowest BCUT2D eigenvalue weighted by Crippen LogP contribution is -2.19. The molecule has 0 radical (unpaired) electrons. The van der Waals surface area contributed by atoms with Crippen LogP contribution in [0.15, 0.2) is 146 Å². The summed E-state index contributed by atoms with van der Waals surface area (Å²) in [6.07, 6.45) is 13.8. The molecule has 4 heterocycles. The van der Waals surface area contributed by atoms with Crippen molar-refractivity contribution < 1.29 is 39.6 Å². The first-order valence-corrected chi connectivity index (χ1v) is 26.5. The predicted molar refractivity (Wildman–Crippen MR) is 304 cm³/mol. The summed E-state index contributed by atoms with van der Waals surface area (Å²) in [5.41, 5.74) is 5.89. The number of fused-ring (bicyclic) bond motifs is 4. The van der Waals surface area contributed by atoms with Gasteiger partial charge in [0.1, 0.15) is 0 Å². The number of hydrogen-bond donors (Lipinski definition) is 4. The van der Waals surface area contributed by atoms with E-state index in [2.05, 4.69) is 61.5 Å². The molecule has 8 aromatic rings. The number of pyridine rings is 4. The maximum Gasteiger partial charge on any atom is 0.306 e. The van der Waals surface area contributed by atoms with Gasteiger partial charge in [-0.05, 0) is 126 Å². The molecule has 0 amide bonds. The van der Waals surface area contributed by atoms with E-state index in [1.807, 2.05) is 135 Å². The SMILES string of the molecule is CC(C)CC(Cc1cccc2ncccc12)C(=O)O.CC(C)CC(Cc1ccnc2ccccc12)C(=O)O.CC(C)CC(Cc1cncc2ccccc12)C(=O)O.CC(C)CC(Cc1nccc2ccccc12)C(=O)O. The van der Waals surface area contributed by atoms with E-state index < -0.39 is 23.9 Å². The number of benzene rings is 4. The summed E-state index contributed by atoms with van der Waals surface area (Å²) in [5, 5.41) is 43.8. The molecule has 0 saturated heterocycles. The molecule has 0 spiro atoms. The number of aliphatic carboxylic acids is 4. The highest BCUT2D eigenvalue weighted by Crippen LogP contribution is 2.27. The first kappa shape index (κ1) is 59.3. The van der Waals surface area contributed by atoms with Crippen molar-refractivity contribution in [2.75, 3.05) is 0 Å². The third-order valence-electron chi connectivity index (χ3n) is 13.2. The van der Waals surface area contributed by atoms with Gasteiger partial charge in [0.05, 0.1) is 34.7 Å². The van der Waals surface area contributed by atoms with Gasteiger partial charge in [-0.1, -0.05) is 140 Å². The fourth-order valence-electron chi connectivity index (χ4n) is 9.76. The maximum absolute atomic E-state index is 11.4. The zero-order valence-electron chi connectivity index (χ0n) is 45.3. The van der Waals surface area contributed by atoms with Crippen molar-refractivity contribution in [3.63, 3.8) is 0 Å². The molecule has 0 bridgehead atoms. The normalized spacial score (nSPS) is 12.8. The van der Waals surface area contributed by atoms with Crippen molar-refractivity contribution in [2.45, 2.75) is 107 Å². The molecular formula is C64H76N4O8. The van der Waals surface area contributed by atoms with Gasteiger partial charge in [0.25, 0.3) is 0 Å². The van der Waals surface area contributed by atoms with E-state index in [0.29, 0.717) is 75.0 Å². The van der Waals surface area contributed by atoms with E-state index >= 15 is 0 Å². The van der Waals surface area contributed by atoms with Gasteiger partial charge in [0, 0.05) is 64.6 Å². The molecule has 4 aromatic heterocycles. The highest BCUT2D eigenvalue weighted by atomic mass is 16.4. The third-order valence-corrected chi connectivity index (χ3v) is 13.2. The molecule has 4 aromatic carbocycles. The van der Waals surface area contributed by atoms with Crippen LogP contribution in [0.1, 0.15) is 103 Å². The summed E-state index contributed by atoms with van der Waals surface area (Å²) in [7, 11) is 0. The molecular weight excluding hydrogens is 953 g/mol. The summed E-state index contributed by atoms with van der Waals surface area (Å²) < 4.78 is 0. The molecule has 0 aliphatic heterocycles. The fourth-order valence-corrected chi connectivity index (χ4v) is 9.76. The Hall–Kier alpha value is -7.60. The summed E-state index contributed by atoms with van der Waals surface area (Å²) >= 11 is 0. The Labute approximate surface area is 447 Å². The van der Waals surface area contributed by atoms with Crippen LogP contribution >= 0.6 is 0 Å². The minimum Gasteiger partial charge on any atom is -0.481 e. The van der Waals surface area contributed by atoms with E-state index in [0.717, 1.165) is 65.7 Å². The van der Waals surface area contributed by atoms with E-state index in [4.69, 9.17) is 0 Å². The van der Waals surface area contributed by atoms with Crippen LogP contribution in [-0.2, 0) is 44.9 Å². The van der Waals surface area contributed by atoms with Crippen LogP contribution in [0.2, 0.25) is 0 Å². The van der Waals surface area contributed by atoms with Gasteiger partial charge in [0.2, 0.25) is 0 Å². The topological polar surface area (TPSA) is 201 Å². The zero-order chi connectivity index (χ0) is 55.3. The lowest BCUT2D eigenvalue weighted by atomic mass is 9.90. The lowest BCUT2D eigenvalue weighted by Gasteiger charge is -2.15. The molecule has 4 N–H and O–H groups in total. The van der Waals surface area contributed by atoms with E-state index in [-0.39, 0.29) is 23.7 Å². The molecule has 76 heavy (non-hydrogen) atoms. The van der Waals surface area contributed by atoms with E-state index in [1.54, 1.807) is 24.8 Å². The molecule has 0 aliphatic rings. The maximum atomic E-state index is 11.4. The smallest absolute Gasteiger partial charge is 0.306 e. The molecule has 8 rings (SSSR count). The van der Waals surface area contributed by atoms with Gasteiger partial charge in [-0.3, -0.25) is 39.1 Å². The lowest BCUT2D eigenvalue weighted by molar-refractivity contribution is -0.143. The number of nitrogens with zero attached hydrogens (tertiary/aromatic N) is 4. The fraction of sp³-hybridized carbons (Fsp3) is 0.375. The second kappa shape index (κ2) is 29.5. The van der Waals surface area contributed by atoms with Crippen molar-refractivity contribution in [2.24, 2.45) is 47.3 Å². The van der Waals surface area contributed by atoms with Crippen LogP contribution < -0.4 is 0 Å². The van der Waals surface area contributed by atoms with Crippen molar-refractivity contribution in [1.82, 2.24) is 19.9 Å². The Morgan fingerprint density at radius 1 is 0.368 bits per heavy atom. The third kappa shape index (κ3) is 18.4. The highest BCUT2D eigenvalue weighted by molar-refractivity contribution is 5.87. The predicted octanol–water partition coefficient (Wildman–Crippen LogP) is 14.1. The molecule has 0 aliphatic carbocycles. The summed E-state index contributed by atoms with van der Waals surface area (Å²) in [5.74, 6) is -2.72. The van der Waals surface area contributed by atoms with Crippen molar-refractivity contribution in [3.8, 4) is 0 Å². The Morgan fingerprint density at radius 3 is 1.32 bits per heavy atom. The molecule has 4 atom stereocenters. The first-order chi connectivity index (χ1) is 36.3. The van der Waals surface area contributed by atoms with Crippen LogP contribution in [0.4, 0.5) is 0 Å². The largest absolute Gasteiger partial charge is 0.481 e. The van der Waals surface area contributed by atoms with Crippen molar-refractivity contribution >= 4 is 67.2 Å². The Morgan fingerprint density at radius 2 is 0.776 bits per heavy atom. The Balaban J connectivity index is 0.000000187. The molecule has 0 fully saturated rings. The average Bonchev–Trinajstić information content (AvgIpc) is 3.38. The van der Waals surface area contributed by atoms with Crippen LogP contribution in [0.5, 0.6) is 0 Å². The Kier molecular flexibility index (Phi) is 23.0. The molecule has 400 valence electrons. The first-order valence-electron chi connectivity index (χ1n) is 26.5. The molecule has 0 saturated carbocycles. The number of carbonyl (C=O) groups is 4. The number of hydrogen-bond acceptors (Lipinski definition) is 8. The average molecular weight is 1030 g/mol. The minimum atomic E-state index is -0.733. The van der Waals surface area contributed by atoms with Gasteiger partial charge in [0.15, 0.2) is 0 Å². The molecule has 4 unspecified atom stereocenters. The van der Waals surface area contributed by atoms with Gasteiger partial charge >= 0.3 is 23.9 Å². The van der Waals surface area contributed by atoms with Gasteiger partial charge in [-0.2, -0.15) is 0 Å². The van der Waals surface area contributed by atoms with Crippen LogP contribution in [-0.4, -0.2) is 64.2 Å². The summed E-state index contributed by atoms with van der Waals surface area (Å²) in [6.45, 7) is 16.4. The highest BCUT2D eigenvalue weighted by Gasteiger charge is 2.24. The number of carboxylic acid groups (broad SMARTS) is 4. The minimum absolute atomic E-state index is 0.328.